The summed E-state index contributed by atoms with van der Waals surface area (Å²) < 4.78 is 0.952. The molecule has 4 nitrogen and oxygen atoms in total. The van der Waals surface area contributed by atoms with Crippen LogP contribution in [0.25, 0.3) is 0 Å². The van der Waals surface area contributed by atoms with E-state index in [1.807, 2.05) is 48.5 Å². The Morgan fingerprint density at radius 2 is 2.09 bits per heavy atom. The minimum absolute atomic E-state index is 0.446. The summed E-state index contributed by atoms with van der Waals surface area (Å²) in [5.74, 6) is 0. The van der Waals surface area contributed by atoms with Crippen molar-refractivity contribution in [1.82, 2.24) is 0 Å². The van der Waals surface area contributed by atoms with E-state index in [2.05, 4.69) is 21.1 Å². The number of halogens is 1. The Kier molecular flexibility index (Phi) is 4.53. The molecule has 0 aliphatic carbocycles. The van der Waals surface area contributed by atoms with Crippen LogP contribution >= 0.6 is 15.9 Å². The summed E-state index contributed by atoms with van der Waals surface area (Å²) in [5, 5.41) is 3.79. The van der Waals surface area contributed by atoms with Gasteiger partial charge < -0.3 is 0 Å². The van der Waals surface area contributed by atoms with Gasteiger partial charge in [-0.25, -0.2) is 4.79 Å². The number of anilines is 1. The molecule has 0 spiro atoms. The van der Waals surface area contributed by atoms with Crippen molar-refractivity contribution in [3.8, 4) is 0 Å². The lowest BCUT2D eigenvalue weighted by molar-refractivity contribution is 0.158. The lowest BCUT2D eigenvalue weighted by atomic mass is 10.0. The Balaban J connectivity index is 1.68. The smallest absolute Gasteiger partial charge is 0.298 e. The molecule has 0 radical (unpaired) electrons. The van der Waals surface area contributed by atoms with Crippen molar-refractivity contribution in [3.05, 3.63) is 64.1 Å². The molecule has 3 rings (SSSR count). The van der Waals surface area contributed by atoms with Gasteiger partial charge in [0.2, 0.25) is 0 Å². The predicted molar refractivity (Wildman–Crippen MR) is 90.3 cm³/mol. The van der Waals surface area contributed by atoms with Crippen LogP contribution in [0.4, 0.5) is 10.5 Å². The number of hydrogen-bond donors (Lipinski definition) is 0. The van der Waals surface area contributed by atoms with Crippen LogP contribution < -0.4 is 4.90 Å². The molecule has 22 heavy (non-hydrogen) atoms. The van der Waals surface area contributed by atoms with E-state index in [9.17, 15) is 4.79 Å². The number of amides is 1. The molecule has 0 N–H and O–H groups in total. The van der Waals surface area contributed by atoms with Crippen molar-refractivity contribution in [2.75, 3.05) is 11.4 Å². The molecule has 1 aliphatic rings. The van der Waals surface area contributed by atoms with Crippen LogP contribution in [-0.4, -0.2) is 18.9 Å². The molecular weight excluding hydrogens is 344 g/mol. The Hall–Kier alpha value is -2.14. The van der Waals surface area contributed by atoms with E-state index in [1.165, 1.54) is 11.8 Å². The molecule has 0 bridgehead atoms. The van der Waals surface area contributed by atoms with Crippen molar-refractivity contribution in [3.63, 3.8) is 0 Å². The number of nitrogens with zero attached hydrogens (tertiary/aromatic N) is 2. The molecule has 112 valence electrons. The molecular formula is C17H15BrN2O2. The summed E-state index contributed by atoms with van der Waals surface area (Å²) in [5.41, 5.74) is 2.94. The van der Waals surface area contributed by atoms with E-state index < -0.39 is 6.09 Å². The van der Waals surface area contributed by atoms with E-state index in [1.54, 1.807) is 4.90 Å². The number of fused-ring (bicyclic) bond motifs is 1. The second-order valence-electron chi connectivity index (χ2n) is 5.03. The van der Waals surface area contributed by atoms with Crippen LogP contribution in [0.15, 0.2) is 58.2 Å². The third-order valence-electron chi connectivity index (χ3n) is 3.51. The first-order valence-corrected chi connectivity index (χ1v) is 7.89. The average Bonchev–Trinajstić information content (AvgIpc) is 2.54. The molecule has 0 saturated heterocycles. The molecule has 0 aromatic heterocycles. The number of oxime groups is 1. The molecule has 0 saturated carbocycles. The van der Waals surface area contributed by atoms with Crippen molar-refractivity contribution in [2.45, 2.75) is 12.8 Å². The third-order valence-corrected chi connectivity index (χ3v) is 4.01. The van der Waals surface area contributed by atoms with Crippen LogP contribution in [0.5, 0.6) is 0 Å². The first-order chi connectivity index (χ1) is 10.7. The quantitative estimate of drug-likeness (QED) is 0.454. The fourth-order valence-electron chi connectivity index (χ4n) is 2.49. The number of aryl methyl sites for hydroxylation is 1. The normalized spacial score (nSPS) is 14.0. The molecule has 0 unspecified atom stereocenters. The first-order valence-electron chi connectivity index (χ1n) is 7.09. The number of benzene rings is 2. The lowest BCUT2D eigenvalue weighted by Crippen LogP contribution is -2.35. The van der Waals surface area contributed by atoms with Gasteiger partial charge in [-0.3, -0.25) is 9.74 Å². The zero-order valence-electron chi connectivity index (χ0n) is 11.9. The zero-order valence-corrected chi connectivity index (χ0v) is 13.5. The van der Waals surface area contributed by atoms with Gasteiger partial charge in [-0.2, -0.15) is 0 Å². The summed E-state index contributed by atoms with van der Waals surface area (Å²) in [7, 11) is 0. The van der Waals surface area contributed by atoms with E-state index >= 15 is 0 Å². The summed E-state index contributed by atoms with van der Waals surface area (Å²) >= 11 is 3.39. The highest BCUT2D eigenvalue weighted by molar-refractivity contribution is 9.10. The Morgan fingerprint density at radius 1 is 1.23 bits per heavy atom. The molecule has 1 aliphatic heterocycles. The first kappa shape index (κ1) is 14.8. The average molecular weight is 359 g/mol. The highest BCUT2D eigenvalue weighted by Crippen LogP contribution is 2.27. The fraction of sp³-hybridized carbons (Fsp3) is 0.176. The Bertz CT molecular complexity index is 715. The van der Waals surface area contributed by atoms with Gasteiger partial charge in [0.25, 0.3) is 0 Å². The maximum Gasteiger partial charge on any atom is 0.440 e. The largest absolute Gasteiger partial charge is 0.440 e. The molecule has 0 fully saturated rings. The van der Waals surface area contributed by atoms with Crippen LogP contribution in [0.1, 0.15) is 17.5 Å². The molecule has 2 aromatic rings. The molecule has 1 amide bonds. The number of carbonyl (C=O) groups excluding carboxylic acids is 1. The van der Waals surface area contributed by atoms with E-state index in [-0.39, 0.29) is 0 Å². The zero-order chi connectivity index (χ0) is 15.4. The van der Waals surface area contributed by atoms with E-state index in [4.69, 9.17) is 4.84 Å². The molecule has 1 heterocycles. The highest BCUT2D eigenvalue weighted by Gasteiger charge is 2.23. The Labute approximate surface area is 137 Å². The summed E-state index contributed by atoms with van der Waals surface area (Å²) in [4.78, 5) is 18.9. The summed E-state index contributed by atoms with van der Waals surface area (Å²) in [6, 6.07) is 15.5. The SMILES string of the molecule is O=C(ON=Cc1cccc(Br)c1)N1CCCc2ccccc21. The van der Waals surface area contributed by atoms with E-state index in [0.717, 1.165) is 28.6 Å². The van der Waals surface area contributed by atoms with E-state index in [0.29, 0.717) is 6.54 Å². The number of carbonyl (C=O) groups is 1. The van der Waals surface area contributed by atoms with Gasteiger partial charge in [0.05, 0.1) is 11.9 Å². The molecule has 0 atom stereocenters. The van der Waals surface area contributed by atoms with Gasteiger partial charge in [-0.1, -0.05) is 51.4 Å². The van der Waals surface area contributed by atoms with Crippen LogP contribution in [-0.2, 0) is 11.3 Å². The monoisotopic (exact) mass is 358 g/mol. The molecule has 5 heteroatoms. The van der Waals surface area contributed by atoms with Gasteiger partial charge in [-0.15, -0.1) is 0 Å². The van der Waals surface area contributed by atoms with Gasteiger partial charge in [0, 0.05) is 11.0 Å². The lowest BCUT2D eigenvalue weighted by Gasteiger charge is -2.27. The summed E-state index contributed by atoms with van der Waals surface area (Å²) in [6.07, 6.45) is 3.00. The van der Waals surface area contributed by atoms with Gasteiger partial charge >= 0.3 is 6.09 Å². The number of hydrogen-bond acceptors (Lipinski definition) is 3. The minimum atomic E-state index is -0.446. The summed E-state index contributed by atoms with van der Waals surface area (Å²) in [6.45, 7) is 0.655. The van der Waals surface area contributed by atoms with Crippen LogP contribution in [0.3, 0.4) is 0 Å². The van der Waals surface area contributed by atoms with Gasteiger partial charge in [0.1, 0.15) is 0 Å². The standard InChI is InChI=1S/C17H15BrN2O2/c18-15-8-3-5-13(11-15)12-19-22-17(21)20-10-4-7-14-6-1-2-9-16(14)20/h1-3,5-6,8-9,11-12H,4,7,10H2. The number of para-hydroxylation sites is 1. The third kappa shape index (κ3) is 3.36. The minimum Gasteiger partial charge on any atom is -0.298 e. The second kappa shape index (κ2) is 6.75. The fourth-order valence-corrected chi connectivity index (χ4v) is 2.91. The maximum atomic E-state index is 12.2. The highest BCUT2D eigenvalue weighted by atomic mass is 79.9. The van der Waals surface area contributed by atoms with Gasteiger partial charge in [0.15, 0.2) is 0 Å². The van der Waals surface area contributed by atoms with Gasteiger partial charge in [-0.05, 0) is 42.2 Å². The maximum absolute atomic E-state index is 12.2. The second-order valence-corrected chi connectivity index (χ2v) is 5.95. The van der Waals surface area contributed by atoms with Crippen molar-refractivity contribution >= 4 is 33.9 Å². The Morgan fingerprint density at radius 3 is 2.95 bits per heavy atom. The van der Waals surface area contributed by atoms with Crippen LogP contribution in [0.2, 0.25) is 0 Å². The van der Waals surface area contributed by atoms with Crippen molar-refractivity contribution < 1.29 is 9.63 Å². The van der Waals surface area contributed by atoms with Crippen LogP contribution in [0, 0.1) is 0 Å². The predicted octanol–water partition coefficient (Wildman–Crippen LogP) is 4.37. The number of rotatable bonds is 2. The van der Waals surface area contributed by atoms with Crippen molar-refractivity contribution in [2.24, 2.45) is 5.16 Å². The molecule has 2 aromatic carbocycles. The van der Waals surface area contributed by atoms with Crippen molar-refractivity contribution in [1.29, 1.82) is 0 Å². The topological polar surface area (TPSA) is 41.9 Å².